The van der Waals surface area contributed by atoms with E-state index in [1.807, 2.05) is 4.57 Å². The summed E-state index contributed by atoms with van der Waals surface area (Å²) in [6.45, 7) is 2.52. The molecule has 2 heterocycles. The third-order valence-electron chi connectivity index (χ3n) is 2.57. The molecule has 0 bridgehead atoms. The average molecular weight is 194 g/mol. The van der Waals surface area contributed by atoms with E-state index in [-0.39, 0.29) is 0 Å². The smallest absolute Gasteiger partial charge is 0.168 e. The summed E-state index contributed by atoms with van der Waals surface area (Å²) in [6.07, 6.45) is 6.44. The number of aldehydes is 1. The second kappa shape index (κ2) is 4.37. The van der Waals surface area contributed by atoms with Gasteiger partial charge >= 0.3 is 0 Å². The van der Waals surface area contributed by atoms with Crippen molar-refractivity contribution < 1.29 is 9.53 Å². The fourth-order valence-corrected chi connectivity index (χ4v) is 1.81. The van der Waals surface area contributed by atoms with Crippen molar-refractivity contribution in [2.75, 3.05) is 13.2 Å². The van der Waals surface area contributed by atoms with Gasteiger partial charge in [0, 0.05) is 19.1 Å². The molecule has 0 saturated carbocycles. The molecule has 4 nitrogen and oxygen atoms in total. The Bertz CT molecular complexity index is 303. The molecule has 0 amide bonds. The predicted octanol–water partition coefficient (Wildman–Crippen LogP) is 1.12. The summed E-state index contributed by atoms with van der Waals surface area (Å²) in [6, 6.07) is 0. The van der Waals surface area contributed by atoms with Crippen LogP contribution in [0.1, 0.15) is 23.3 Å². The molecule has 0 spiro atoms. The van der Waals surface area contributed by atoms with Crippen LogP contribution in [0.3, 0.4) is 0 Å². The van der Waals surface area contributed by atoms with Gasteiger partial charge < -0.3 is 9.30 Å². The third kappa shape index (κ3) is 2.01. The SMILES string of the molecule is O=Cc1cncn1CC1CCCOC1. The van der Waals surface area contributed by atoms with Crippen molar-refractivity contribution in [2.24, 2.45) is 5.92 Å². The van der Waals surface area contributed by atoms with E-state index in [0.717, 1.165) is 32.5 Å². The van der Waals surface area contributed by atoms with E-state index in [1.54, 1.807) is 12.5 Å². The van der Waals surface area contributed by atoms with E-state index >= 15 is 0 Å². The molecule has 0 N–H and O–H groups in total. The van der Waals surface area contributed by atoms with Gasteiger partial charge in [0.25, 0.3) is 0 Å². The lowest BCUT2D eigenvalue weighted by Gasteiger charge is -2.22. The molecule has 1 unspecified atom stereocenters. The third-order valence-corrected chi connectivity index (χ3v) is 2.57. The molecule has 4 heteroatoms. The van der Waals surface area contributed by atoms with E-state index in [1.165, 1.54) is 6.42 Å². The highest BCUT2D eigenvalue weighted by atomic mass is 16.5. The fourth-order valence-electron chi connectivity index (χ4n) is 1.81. The minimum absolute atomic E-state index is 0.525. The van der Waals surface area contributed by atoms with E-state index in [4.69, 9.17) is 4.74 Å². The quantitative estimate of drug-likeness (QED) is 0.677. The molecule has 0 aliphatic carbocycles. The van der Waals surface area contributed by atoms with Crippen LogP contribution >= 0.6 is 0 Å². The lowest BCUT2D eigenvalue weighted by molar-refractivity contribution is 0.0481. The Hall–Kier alpha value is -1.16. The van der Waals surface area contributed by atoms with Crippen LogP contribution in [0.25, 0.3) is 0 Å². The largest absolute Gasteiger partial charge is 0.381 e. The highest BCUT2D eigenvalue weighted by Crippen LogP contribution is 2.16. The van der Waals surface area contributed by atoms with Crippen LogP contribution in [0.4, 0.5) is 0 Å². The van der Waals surface area contributed by atoms with Gasteiger partial charge in [-0.15, -0.1) is 0 Å². The van der Waals surface area contributed by atoms with Crippen LogP contribution in [0.15, 0.2) is 12.5 Å². The van der Waals surface area contributed by atoms with Crippen molar-refractivity contribution in [3.05, 3.63) is 18.2 Å². The molecule has 0 aromatic carbocycles. The molecule has 1 aromatic heterocycles. The number of carbonyl (C=O) groups is 1. The zero-order chi connectivity index (χ0) is 9.80. The Balaban J connectivity index is 1.98. The second-order valence-corrected chi connectivity index (χ2v) is 3.67. The molecule has 0 radical (unpaired) electrons. The van der Waals surface area contributed by atoms with E-state index < -0.39 is 0 Å². The van der Waals surface area contributed by atoms with Crippen molar-refractivity contribution in [1.82, 2.24) is 9.55 Å². The molecular formula is C10H14N2O2. The normalized spacial score (nSPS) is 22.1. The van der Waals surface area contributed by atoms with Crippen LogP contribution in [0.5, 0.6) is 0 Å². The molecule has 2 rings (SSSR count). The van der Waals surface area contributed by atoms with Crippen LogP contribution in [-0.2, 0) is 11.3 Å². The Morgan fingerprint density at radius 1 is 1.71 bits per heavy atom. The first-order chi connectivity index (χ1) is 6.90. The molecule has 1 fully saturated rings. The van der Waals surface area contributed by atoms with Crippen molar-refractivity contribution >= 4 is 6.29 Å². The maximum Gasteiger partial charge on any atom is 0.168 e. The number of hydrogen-bond acceptors (Lipinski definition) is 3. The van der Waals surface area contributed by atoms with Gasteiger partial charge in [-0.3, -0.25) is 4.79 Å². The second-order valence-electron chi connectivity index (χ2n) is 3.67. The summed E-state index contributed by atoms with van der Waals surface area (Å²) >= 11 is 0. The predicted molar refractivity (Wildman–Crippen MR) is 51.2 cm³/mol. The van der Waals surface area contributed by atoms with Crippen molar-refractivity contribution in [2.45, 2.75) is 19.4 Å². The molecule has 1 aliphatic heterocycles. The standard InChI is InChI=1S/C10H14N2O2/c13-6-10-4-11-8-12(10)5-9-2-1-3-14-7-9/h4,6,8-9H,1-3,5,7H2. The zero-order valence-electron chi connectivity index (χ0n) is 8.06. The number of hydrogen-bond donors (Lipinski definition) is 0. The molecule has 14 heavy (non-hydrogen) atoms. The van der Waals surface area contributed by atoms with Crippen molar-refractivity contribution in [3.63, 3.8) is 0 Å². The van der Waals surface area contributed by atoms with Crippen LogP contribution in [-0.4, -0.2) is 29.1 Å². The first kappa shape index (κ1) is 9.40. The van der Waals surface area contributed by atoms with Crippen molar-refractivity contribution in [1.29, 1.82) is 0 Å². The number of imidazole rings is 1. The van der Waals surface area contributed by atoms with Gasteiger partial charge in [0.15, 0.2) is 6.29 Å². The molecule has 1 aliphatic rings. The average Bonchev–Trinajstić information content (AvgIpc) is 2.67. The van der Waals surface area contributed by atoms with Crippen LogP contribution in [0.2, 0.25) is 0 Å². The summed E-state index contributed by atoms with van der Waals surface area (Å²) in [5.41, 5.74) is 0.649. The first-order valence-electron chi connectivity index (χ1n) is 4.93. The summed E-state index contributed by atoms with van der Waals surface area (Å²) in [7, 11) is 0. The topological polar surface area (TPSA) is 44.1 Å². The van der Waals surface area contributed by atoms with Crippen molar-refractivity contribution in [3.8, 4) is 0 Å². The number of nitrogens with zero attached hydrogens (tertiary/aromatic N) is 2. The fraction of sp³-hybridized carbons (Fsp3) is 0.600. The molecule has 76 valence electrons. The number of rotatable bonds is 3. The highest BCUT2D eigenvalue weighted by molar-refractivity contribution is 5.71. The van der Waals surface area contributed by atoms with E-state index in [2.05, 4.69) is 4.98 Å². The number of carbonyl (C=O) groups excluding carboxylic acids is 1. The summed E-state index contributed by atoms with van der Waals surface area (Å²) < 4.78 is 7.28. The first-order valence-corrected chi connectivity index (χ1v) is 4.93. The molecule has 1 aromatic rings. The van der Waals surface area contributed by atoms with E-state index in [0.29, 0.717) is 11.6 Å². The lowest BCUT2D eigenvalue weighted by atomic mass is 10.0. The van der Waals surface area contributed by atoms with Gasteiger partial charge in [-0.05, 0) is 12.8 Å². The highest BCUT2D eigenvalue weighted by Gasteiger charge is 2.15. The number of aromatic nitrogens is 2. The summed E-state index contributed by atoms with van der Waals surface area (Å²) in [5, 5.41) is 0. The lowest BCUT2D eigenvalue weighted by Crippen LogP contribution is -2.22. The summed E-state index contributed by atoms with van der Waals surface area (Å²) in [5.74, 6) is 0.525. The van der Waals surface area contributed by atoms with Crippen LogP contribution in [0, 0.1) is 5.92 Å². The molecular weight excluding hydrogens is 180 g/mol. The summed E-state index contributed by atoms with van der Waals surface area (Å²) in [4.78, 5) is 14.6. The maximum atomic E-state index is 10.6. The van der Waals surface area contributed by atoms with Gasteiger partial charge in [0.2, 0.25) is 0 Å². The van der Waals surface area contributed by atoms with E-state index in [9.17, 15) is 4.79 Å². The van der Waals surface area contributed by atoms with Gasteiger partial charge in [-0.25, -0.2) is 4.98 Å². The Labute approximate surface area is 82.9 Å². The maximum absolute atomic E-state index is 10.6. The zero-order valence-corrected chi connectivity index (χ0v) is 8.06. The number of ether oxygens (including phenoxy) is 1. The monoisotopic (exact) mass is 194 g/mol. The Kier molecular flexibility index (Phi) is 2.93. The Morgan fingerprint density at radius 2 is 2.64 bits per heavy atom. The van der Waals surface area contributed by atoms with Gasteiger partial charge in [0.1, 0.15) is 5.69 Å². The van der Waals surface area contributed by atoms with Gasteiger partial charge in [-0.1, -0.05) is 0 Å². The van der Waals surface area contributed by atoms with Crippen LogP contribution < -0.4 is 0 Å². The Morgan fingerprint density at radius 3 is 3.36 bits per heavy atom. The minimum atomic E-state index is 0.525. The molecule has 1 atom stereocenters. The minimum Gasteiger partial charge on any atom is -0.381 e. The van der Waals surface area contributed by atoms with Gasteiger partial charge in [-0.2, -0.15) is 0 Å². The molecule has 1 saturated heterocycles. The van der Waals surface area contributed by atoms with Gasteiger partial charge in [0.05, 0.1) is 19.1 Å².